The zero-order valence-corrected chi connectivity index (χ0v) is 19.4. The zero-order chi connectivity index (χ0) is 23.7. The normalized spacial score (nSPS) is 11.2. The number of imidazole rings is 2. The van der Waals surface area contributed by atoms with E-state index in [4.69, 9.17) is 9.72 Å². The van der Waals surface area contributed by atoms with Gasteiger partial charge in [-0.05, 0) is 61.9 Å². The molecule has 5 aromatic rings. The highest BCUT2D eigenvalue weighted by molar-refractivity contribution is 5.79. The molecule has 0 unspecified atom stereocenters. The molecule has 172 valence electrons. The third-order valence-corrected chi connectivity index (χ3v) is 5.80. The van der Waals surface area contributed by atoms with E-state index < -0.39 is 0 Å². The molecule has 0 aliphatic rings. The number of benzene rings is 2. The molecule has 0 aliphatic carbocycles. The fourth-order valence-electron chi connectivity index (χ4n) is 4.21. The van der Waals surface area contributed by atoms with Crippen molar-refractivity contribution in [1.29, 1.82) is 0 Å². The molecule has 3 aromatic heterocycles. The van der Waals surface area contributed by atoms with Gasteiger partial charge in [-0.3, -0.25) is 0 Å². The lowest BCUT2D eigenvalue weighted by molar-refractivity contribution is 0.413. The summed E-state index contributed by atoms with van der Waals surface area (Å²) in [5.41, 5.74) is 7.32. The van der Waals surface area contributed by atoms with E-state index in [0.29, 0.717) is 0 Å². The van der Waals surface area contributed by atoms with Gasteiger partial charge in [0, 0.05) is 29.7 Å². The largest absolute Gasteiger partial charge is 0.494 e. The van der Waals surface area contributed by atoms with Gasteiger partial charge in [0.2, 0.25) is 0 Å². The SMILES string of the molecule is CCCc1c(-c2ccc(F)cc2)nc2c(Nc3ccc(-n4cnc(C)c4)c(OC)c3)cccn12. The summed E-state index contributed by atoms with van der Waals surface area (Å²) in [5, 5.41) is 3.50. The van der Waals surface area contributed by atoms with Crippen LogP contribution < -0.4 is 10.1 Å². The number of halogens is 1. The Hall–Kier alpha value is -4.13. The van der Waals surface area contributed by atoms with Crippen molar-refractivity contribution >= 4 is 17.0 Å². The maximum atomic E-state index is 13.5. The molecule has 0 fully saturated rings. The van der Waals surface area contributed by atoms with Crippen molar-refractivity contribution in [3.8, 4) is 22.7 Å². The van der Waals surface area contributed by atoms with Gasteiger partial charge in [0.25, 0.3) is 0 Å². The Morgan fingerprint density at radius 3 is 2.62 bits per heavy atom. The highest BCUT2D eigenvalue weighted by Gasteiger charge is 2.16. The molecule has 2 aromatic carbocycles. The lowest BCUT2D eigenvalue weighted by Gasteiger charge is -2.13. The van der Waals surface area contributed by atoms with E-state index in [0.717, 1.165) is 63.9 Å². The van der Waals surface area contributed by atoms with E-state index in [1.54, 1.807) is 25.6 Å². The molecule has 0 atom stereocenters. The molecule has 0 saturated carbocycles. The molecule has 6 nitrogen and oxygen atoms in total. The topological polar surface area (TPSA) is 56.4 Å². The summed E-state index contributed by atoms with van der Waals surface area (Å²) < 4.78 is 23.2. The van der Waals surface area contributed by atoms with Crippen LogP contribution in [0.15, 0.2) is 73.3 Å². The quantitative estimate of drug-likeness (QED) is 0.311. The molecule has 1 N–H and O–H groups in total. The molecule has 34 heavy (non-hydrogen) atoms. The van der Waals surface area contributed by atoms with Gasteiger partial charge in [0.1, 0.15) is 11.6 Å². The van der Waals surface area contributed by atoms with Crippen molar-refractivity contribution < 1.29 is 9.13 Å². The van der Waals surface area contributed by atoms with Crippen LogP contribution in [0, 0.1) is 12.7 Å². The molecule has 5 rings (SSSR count). The first kappa shape index (κ1) is 21.7. The molecule has 0 aliphatic heterocycles. The number of nitrogens with one attached hydrogen (secondary N) is 1. The van der Waals surface area contributed by atoms with Gasteiger partial charge in [0.05, 0.1) is 41.9 Å². The minimum atomic E-state index is -0.254. The highest BCUT2D eigenvalue weighted by atomic mass is 19.1. The Labute approximate surface area is 197 Å². The van der Waals surface area contributed by atoms with E-state index in [2.05, 4.69) is 21.6 Å². The smallest absolute Gasteiger partial charge is 0.161 e. The number of rotatable bonds is 7. The number of hydrogen-bond acceptors (Lipinski definition) is 4. The van der Waals surface area contributed by atoms with Gasteiger partial charge >= 0.3 is 0 Å². The third-order valence-electron chi connectivity index (χ3n) is 5.80. The Morgan fingerprint density at radius 1 is 1.09 bits per heavy atom. The Bertz CT molecular complexity index is 1450. The minimum Gasteiger partial charge on any atom is -0.494 e. The molecule has 0 saturated heterocycles. The van der Waals surface area contributed by atoms with Crippen LogP contribution in [0.3, 0.4) is 0 Å². The number of nitrogens with zero attached hydrogens (tertiary/aromatic N) is 4. The fraction of sp³-hybridized carbons (Fsp3) is 0.185. The summed E-state index contributed by atoms with van der Waals surface area (Å²) in [5.74, 6) is 0.478. The van der Waals surface area contributed by atoms with Crippen LogP contribution in [0.2, 0.25) is 0 Å². The second-order valence-corrected chi connectivity index (χ2v) is 8.21. The number of ether oxygens (including phenoxy) is 1. The highest BCUT2D eigenvalue weighted by Crippen LogP contribution is 2.32. The van der Waals surface area contributed by atoms with Crippen LogP contribution in [-0.4, -0.2) is 26.0 Å². The molecule has 7 heteroatoms. The molecular weight excluding hydrogens is 429 g/mol. The Morgan fingerprint density at radius 2 is 1.91 bits per heavy atom. The van der Waals surface area contributed by atoms with Crippen LogP contribution in [0.25, 0.3) is 22.6 Å². The first-order chi connectivity index (χ1) is 16.6. The number of aryl methyl sites for hydroxylation is 2. The van der Waals surface area contributed by atoms with Gasteiger partial charge in [0.15, 0.2) is 5.65 Å². The van der Waals surface area contributed by atoms with Crippen molar-refractivity contribution in [2.75, 3.05) is 12.4 Å². The van der Waals surface area contributed by atoms with Crippen molar-refractivity contribution in [3.63, 3.8) is 0 Å². The molecule has 0 radical (unpaired) electrons. The fourth-order valence-corrected chi connectivity index (χ4v) is 4.21. The third kappa shape index (κ3) is 4.01. The van der Waals surface area contributed by atoms with Crippen molar-refractivity contribution in [1.82, 2.24) is 18.9 Å². The number of anilines is 2. The lowest BCUT2D eigenvalue weighted by Crippen LogP contribution is -1.99. The van der Waals surface area contributed by atoms with Crippen LogP contribution in [0.4, 0.5) is 15.8 Å². The first-order valence-electron chi connectivity index (χ1n) is 11.3. The van der Waals surface area contributed by atoms with E-state index in [-0.39, 0.29) is 5.82 Å². The lowest BCUT2D eigenvalue weighted by atomic mass is 10.1. The number of aromatic nitrogens is 4. The van der Waals surface area contributed by atoms with Crippen molar-refractivity contribution in [3.05, 3.63) is 90.5 Å². The van der Waals surface area contributed by atoms with Gasteiger partial charge in [-0.1, -0.05) is 13.3 Å². The number of pyridine rings is 1. The summed E-state index contributed by atoms with van der Waals surface area (Å²) >= 11 is 0. The van der Waals surface area contributed by atoms with Crippen LogP contribution in [0.5, 0.6) is 5.75 Å². The predicted molar refractivity (Wildman–Crippen MR) is 133 cm³/mol. The molecule has 3 heterocycles. The van der Waals surface area contributed by atoms with Gasteiger partial charge in [-0.15, -0.1) is 0 Å². The summed E-state index contributed by atoms with van der Waals surface area (Å²) in [6, 6.07) is 16.5. The maximum Gasteiger partial charge on any atom is 0.161 e. The van der Waals surface area contributed by atoms with E-state index in [1.807, 2.05) is 54.2 Å². The summed E-state index contributed by atoms with van der Waals surface area (Å²) in [4.78, 5) is 9.28. The second kappa shape index (κ2) is 9.02. The molecule has 0 bridgehead atoms. The average molecular weight is 456 g/mol. The molecule has 0 spiro atoms. The van der Waals surface area contributed by atoms with Gasteiger partial charge in [-0.2, -0.15) is 0 Å². The standard InChI is InChI=1S/C27H26FN5O/c1-4-6-24-26(19-8-10-20(28)11-9-19)31-27-22(7-5-14-33(24)27)30-21-12-13-23(25(15-21)34-3)32-16-18(2)29-17-32/h5,7-17,30H,4,6H2,1-3H3. The van der Waals surface area contributed by atoms with E-state index in [1.165, 1.54) is 12.1 Å². The van der Waals surface area contributed by atoms with Crippen molar-refractivity contribution in [2.45, 2.75) is 26.7 Å². The summed E-state index contributed by atoms with van der Waals surface area (Å²) in [7, 11) is 1.66. The number of fused-ring (bicyclic) bond motifs is 1. The number of hydrogen-bond donors (Lipinski definition) is 1. The average Bonchev–Trinajstić information content (AvgIpc) is 3.44. The second-order valence-electron chi connectivity index (χ2n) is 8.21. The Kier molecular flexibility index (Phi) is 5.76. The number of methoxy groups -OCH3 is 1. The van der Waals surface area contributed by atoms with Crippen molar-refractivity contribution in [2.24, 2.45) is 0 Å². The van der Waals surface area contributed by atoms with Crippen LogP contribution in [-0.2, 0) is 6.42 Å². The Balaban J connectivity index is 1.55. The van der Waals surface area contributed by atoms with E-state index >= 15 is 0 Å². The zero-order valence-electron chi connectivity index (χ0n) is 19.4. The maximum absolute atomic E-state index is 13.5. The first-order valence-corrected chi connectivity index (χ1v) is 11.3. The van der Waals surface area contributed by atoms with Gasteiger partial charge in [-0.25, -0.2) is 14.4 Å². The van der Waals surface area contributed by atoms with Crippen LogP contribution >= 0.6 is 0 Å². The minimum absolute atomic E-state index is 0.254. The predicted octanol–water partition coefficient (Wildman–Crippen LogP) is 6.34. The monoisotopic (exact) mass is 455 g/mol. The molecular formula is C27H26FN5O. The van der Waals surface area contributed by atoms with E-state index in [9.17, 15) is 4.39 Å². The summed E-state index contributed by atoms with van der Waals surface area (Å²) in [6.45, 7) is 4.10. The van der Waals surface area contributed by atoms with Gasteiger partial charge < -0.3 is 19.0 Å². The van der Waals surface area contributed by atoms with Crippen LogP contribution in [0.1, 0.15) is 24.7 Å². The molecule has 0 amide bonds. The summed E-state index contributed by atoms with van der Waals surface area (Å²) in [6.07, 6.45) is 7.60.